The summed E-state index contributed by atoms with van der Waals surface area (Å²) in [4.78, 5) is 31.0. The first-order valence-corrected chi connectivity index (χ1v) is 8.22. The largest absolute Gasteiger partial charge is 0.357 e. The highest BCUT2D eigenvalue weighted by molar-refractivity contribution is 6.11. The van der Waals surface area contributed by atoms with Crippen molar-refractivity contribution in [2.75, 3.05) is 23.3 Å². The van der Waals surface area contributed by atoms with Crippen LogP contribution in [0.3, 0.4) is 0 Å². The van der Waals surface area contributed by atoms with Gasteiger partial charge in [-0.15, -0.1) is 0 Å². The quantitative estimate of drug-likeness (QED) is 0.765. The molecule has 2 N–H and O–H groups in total. The van der Waals surface area contributed by atoms with Gasteiger partial charge in [0.15, 0.2) is 5.69 Å². The summed E-state index contributed by atoms with van der Waals surface area (Å²) in [5, 5.41) is 10.0. The van der Waals surface area contributed by atoms with Gasteiger partial charge in [-0.2, -0.15) is 5.10 Å². The maximum absolute atomic E-state index is 12.5. The minimum absolute atomic E-state index is 0.179. The van der Waals surface area contributed by atoms with Gasteiger partial charge in [0, 0.05) is 18.5 Å². The third-order valence-electron chi connectivity index (χ3n) is 4.35. The second kappa shape index (κ2) is 6.35. The van der Waals surface area contributed by atoms with E-state index < -0.39 is 0 Å². The first kappa shape index (κ1) is 15.3. The standard InChI is InChI=1S/C18H17N5O2/c24-17-14-6-2-1-5-13(14)16(21-22-17)18(25)20-12-7-8-15(19-11-12)23-9-3-4-10-23/h1-2,5-8,11H,3-4,9-10H2,(H,20,25)(H,22,24). The molecule has 0 saturated carbocycles. The van der Waals surface area contributed by atoms with Crippen molar-refractivity contribution in [3.63, 3.8) is 0 Å². The Morgan fingerprint density at radius 2 is 1.84 bits per heavy atom. The Hall–Kier alpha value is -3.22. The molecule has 0 spiro atoms. The average Bonchev–Trinajstić information content (AvgIpc) is 3.17. The van der Waals surface area contributed by atoms with Gasteiger partial charge < -0.3 is 10.2 Å². The molecule has 25 heavy (non-hydrogen) atoms. The smallest absolute Gasteiger partial charge is 0.276 e. The van der Waals surface area contributed by atoms with E-state index in [1.165, 1.54) is 12.8 Å². The molecule has 3 heterocycles. The molecule has 1 amide bonds. The molecule has 126 valence electrons. The second-order valence-electron chi connectivity index (χ2n) is 6.00. The fourth-order valence-electron chi connectivity index (χ4n) is 3.07. The average molecular weight is 335 g/mol. The van der Waals surface area contributed by atoms with Crippen LogP contribution in [0.4, 0.5) is 11.5 Å². The highest BCUT2D eigenvalue weighted by atomic mass is 16.2. The van der Waals surface area contributed by atoms with E-state index >= 15 is 0 Å². The molecule has 7 nitrogen and oxygen atoms in total. The zero-order valence-electron chi connectivity index (χ0n) is 13.5. The van der Waals surface area contributed by atoms with E-state index in [1.54, 1.807) is 30.5 Å². The van der Waals surface area contributed by atoms with Crippen LogP contribution in [0.1, 0.15) is 23.3 Å². The van der Waals surface area contributed by atoms with Crippen molar-refractivity contribution < 1.29 is 4.79 Å². The van der Waals surface area contributed by atoms with Crippen molar-refractivity contribution in [3.8, 4) is 0 Å². The van der Waals surface area contributed by atoms with E-state index in [0.717, 1.165) is 18.9 Å². The summed E-state index contributed by atoms with van der Waals surface area (Å²) in [5.74, 6) is 0.534. The highest BCUT2D eigenvalue weighted by Crippen LogP contribution is 2.20. The predicted molar refractivity (Wildman–Crippen MR) is 96.0 cm³/mol. The van der Waals surface area contributed by atoms with Gasteiger partial charge in [0.25, 0.3) is 11.5 Å². The summed E-state index contributed by atoms with van der Waals surface area (Å²) in [6.45, 7) is 2.04. The van der Waals surface area contributed by atoms with E-state index in [1.807, 2.05) is 12.1 Å². The monoisotopic (exact) mass is 335 g/mol. The number of anilines is 2. The van der Waals surface area contributed by atoms with Crippen molar-refractivity contribution in [1.82, 2.24) is 15.2 Å². The van der Waals surface area contributed by atoms with Crippen LogP contribution in [0, 0.1) is 0 Å². The van der Waals surface area contributed by atoms with Crippen LogP contribution < -0.4 is 15.8 Å². The van der Waals surface area contributed by atoms with Gasteiger partial charge in [-0.3, -0.25) is 9.59 Å². The Balaban J connectivity index is 1.58. The molecule has 1 aromatic carbocycles. The van der Waals surface area contributed by atoms with Gasteiger partial charge in [-0.1, -0.05) is 18.2 Å². The summed E-state index contributed by atoms with van der Waals surface area (Å²) >= 11 is 0. The normalized spacial score (nSPS) is 14.0. The zero-order chi connectivity index (χ0) is 17.2. The summed E-state index contributed by atoms with van der Waals surface area (Å²) < 4.78 is 0. The number of fused-ring (bicyclic) bond motifs is 1. The predicted octanol–water partition coefficient (Wildman–Crippen LogP) is 2.17. The minimum Gasteiger partial charge on any atom is -0.357 e. The Morgan fingerprint density at radius 3 is 2.56 bits per heavy atom. The van der Waals surface area contributed by atoms with Crippen LogP contribution in [-0.4, -0.2) is 34.2 Å². The number of amides is 1. The third-order valence-corrected chi connectivity index (χ3v) is 4.35. The number of aromatic amines is 1. The number of aromatic nitrogens is 3. The molecule has 0 aliphatic carbocycles. The lowest BCUT2D eigenvalue weighted by molar-refractivity contribution is 0.102. The lowest BCUT2D eigenvalue weighted by Gasteiger charge is -2.16. The molecular weight excluding hydrogens is 318 g/mol. The number of pyridine rings is 1. The van der Waals surface area contributed by atoms with Crippen molar-refractivity contribution >= 4 is 28.2 Å². The maximum atomic E-state index is 12.5. The molecule has 0 atom stereocenters. The van der Waals surface area contributed by atoms with Gasteiger partial charge in [0.05, 0.1) is 17.3 Å². The molecule has 3 aromatic rings. The SMILES string of the molecule is O=C(Nc1ccc(N2CCCC2)nc1)c1n[nH]c(=O)c2ccccc12. The molecule has 1 aliphatic heterocycles. The van der Waals surface area contributed by atoms with Crippen LogP contribution in [0.2, 0.25) is 0 Å². The van der Waals surface area contributed by atoms with E-state index in [0.29, 0.717) is 16.5 Å². The number of hydrogen-bond donors (Lipinski definition) is 2. The van der Waals surface area contributed by atoms with Gasteiger partial charge in [0.2, 0.25) is 0 Å². The van der Waals surface area contributed by atoms with Gasteiger partial charge >= 0.3 is 0 Å². The number of carbonyl (C=O) groups excluding carboxylic acids is 1. The number of nitrogens with one attached hydrogen (secondary N) is 2. The van der Waals surface area contributed by atoms with E-state index in [9.17, 15) is 9.59 Å². The fourth-order valence-corrected chi connectivity index (χ4v) is 3.07. The molecule has 0 bridgehead atoms. The molecule has 2 aromatic heterocycles. The fraction of sp³-hybridized carbons (Fsp3) is 0.222. The molecular formula is C18H17N5O2. The topological polar surface area (TPSA) is 91.0 Å². The first-order chi connectivity index (χ1) is 12.2. The Labute approximate surface area is 143 Å². The van der Waals surface area contributed by atoms with Crippen molar-refractivity contribution in [2.45, 2.75) is 12.8 Å². The lowest BCUT2D eigenvalue weighted by atomic mass is 10.1. The first-order valence-electron chi connectivity index (χ1n) is 8.22. The van der Waals surface area contributed by atoms with Gasteiger partial charge in [-0.05, 0) is 31.0 Å². The lowest BCUT2D eigenvalue weighted by Crippen LogP contribution is -2.20. The number of carbonyl (C=O) groups is 1. The van der Waals surface area contributed by atoms with E-state index in [4.69, 9.17) is 0 Å². The molecule has 0 radical (unpaired) electrons. The Bertz CT molecular complexity index is 975. The van der Waals surface area contributed by atoms with Crippen LogP contribution in [0.5, 0.6) is 0 Å². The number of benzene rings is 1. The molecule has 0 unspecified atom stereocenters. The van der Waals surface area contributed by atoms with E-state index in [-0.39, 0.29) is 17.2 Å². The zero-order valence-corrected chi connectivity index (χ0v) is 13.5. The van der Waals surface area contributed by atoms with Gasteiger partial charge in [0.1, 0.15) is 5.82 Å². The van der Waals surface area contributed by atoms with Crippen molar-refractivity contribution in [3.05, 3.63) is 58.6 Å². The van der Waals surface area contributed by atoms with Crippen LogP contribution >= 0.6 is 0 Å². The van der Waals surface area contributed by atoms with Crippen LogP contribution in [-0.2, 0) is 0 Å². The van der Waals surface area contributed by atoms with E-state index in [2.05, 4.69) is 25.4 Å². The number of H-pyrrole nitrogens is 1. The summed E-state index contributed by atoms with van der Waals surface area (Å²) in [7, 11) is 0. The van der Waals surface area contributed by atoms with Crippen LogP contribution in [0.15, 0.2) is 47.4 Å². The molecule has 4 rings (SSSR count). The number of hydrogen-bond acceptors (Lipinski definition) is 5. The Morgan fingerprint density at radius 1 is 1.08 bits per heavy atom. The summed E-state index contributed by atoms with van der Waals surface area (Å²) in [5.41, 5.74) is 0.452. The minimum atomic E-state index is -0.386. The number of nitrogens with zero attached hydrogens (tertiary/aromatic N) is 3. The van der Waals surface area contributed by atoms with Gasteiger partial charge in [-0.25, -0.2) is 10.1 Å². The Kier molecular flexibility index (Phi) is 3.89. The number of rotatable bonds is 3. The maximum Gasteiger partial charge on any atom is 0.276 e. The van der Waals surface area contributed by atoms with Crippen molar-refractivity contribution in [1.29, 1.82) is 0 Å². The molecule has 1 fully saturated rings. The highest BCUT2D eigenvalue weighted by Gasteiger charge is 2.16. The molecule has 1 aliphatic rings. The van der Waals surface area contributed by atoms with Crippen LogP contribution in [0.25, 0.3) is 10.8 Å². The summed E-state index contributed by atoms with van der Waals surface area (Å²) in [6, 6.07) is 10.6. The third kappa shape index (κ3) is 2.96. The molecule has 7 heteroatoms. The second-order valence-corrected chi connectivity index (χ2v) is 6.00. The van der Waals surface area contributed by atoms with Crippen molar-refractivity contribution in [2.24, 2.45) is 0 Å². The molecule has 1 saturated heterocycles. The summed E-state index contributed by atoms with van der Waals surface area (Å²) in [6.07, 6.45) is 4.01.